The summed E-state index contributed by atoms with van der Waals surface area (Å²) < 4.78 is 0. The van der Waals surface area contributed by atoms with Crippen LogP contribution in [0.3, 0.4) is 0 Å². The van der Waals surface area contributed by atoms with E-state index in [0.29, 0.717) is 11.6 Å². The molecule has 3 aliphatic heterocycles. The minimum Gasteiger partial charge on any atom is -0.337 e. The highest BCUT2D eigenvalue weighted by Gasteiger charge is 2.35. The summed E-state index contributed by atoms with van der Waals surface area (Å²) in [7, 11) is 2.20. The van der Waals surface area contributed by atoms with Crippen LogP contribution in [0.5, 0.6) is 0 Å². The molecule has 24 heavy (non-hydrogen) atoms. The number of carbonyl (C=O) groups is 1. The van der Waals surface area contributed by atoms with Gasteiger partial charge >= 0.3 is 0 Å². The summed E-state index contributed by atoms with van der Waals surface area (Å²) in [5, 5.41) is 10.7. The van der Waals surface area contributed by atoms with Crippen molar-refractivity contribution in [3.63, 3.8) is 0 Å². The molecular weight excluding hydrogens is 326 g/mol. The Balaban J connectivity index is 0.00000169. The van der Waals surface area contributed by atoms with E-state index in [1.807, 2.05) is 4.90 Å². The van der Waals surface area contributed by atoms with Crippen LogP contribution in [0.1, 0.15) is 41.0 Å². The molecular formula is C17H28ClN5O. The van der Waals surface area contributed by atoms with Gasteiger partial charge in [-0.3, -0.25) is 9.89 Å². The Labute approximate surface area is 149 Å². The van der Waals surface area contributed by atoms with Gasteiger partial charge in [-0.2, -0.15) is 5.10 Å². The number of halogens is 1. The molecule has 6 nitrogen and oxygen atoms in total. The van der Waals surface area contributed by atoms with Crippen molar-refractivity contribution in [3.05, 3.63) is 17.0 Å². The van der Waals surface area contributed by atoms with Gasteiger partial charge in [0.1, 0.15) is 0 Å². The van der Waals surface area contributed by atoms with E-state index in [9.17, 15) is 4.79 Å². The number of amides is 1. The van der Waals surface area contributed by atoms with Gasteiger partial charge in [-0.05, 0) is 51.2 Å². The van der Waals surface area contributed by atoms with Crippen molar-refractivity contribution in [2.75, 3.05) is 39.8 Å². The molecule has 1 amide bonds. The van der Waals surface area contributed by atoms with E-state index in [1.165, 1.54) is 25.9 Å². The molecule has 0 radical (unpaired) electrons. The molecule has 1 aromatic heterocycles. The van der Waals surface area contributed by atoms with Crippen LogP contribution in [0.2, 0.25) is 0 Å². The summed E-state index contributed by atoms with van der Waals surface area (Å²) in [5.74, 6) is 1.60. The van der Waals surface area contributed by atoms with Gasteiger partial charge in [0, 0.05) is 43.9 Å². The number of likely N-dealkylation sites (tertiary alicyclic amines) is 2. The second-order valence-electron chi connectivity index (χ2n) is 7.40. The Kier molecular flexibility index (Phi) is 5.47. The maximum absolute atomic E-state index is 12.9. The average Bonchev–Trinajstić information content (AvgIpc) is 3.22. The Bertz CT molecular complexity index is 582. The van der Waals surface area contributed by atoms with E-state index in [4.69, 9.17) is 0 Å². The molecule has 3 aliphatic rings. The predicted octanol–water partition coefficient (Wildman–Crippen LogP) is 1.28. The number of fused-ring (bicyclic) bond motifs is 1. The number of H-pyrrole nitrogens is 1. The van der Waals surface area contributed by atoms with Crippen molar-refractivity contribution in [2.24, 2.45) is 11.8 Å². The number of piperidine rings is 1. The highest BCUT2D eigenvalue weighted by Crippen LogP contribution is 2.32. The number of carbonyl (C=O) groups excluding carboxylic acids is 1. The maximum Gasteiger partial charge on any atom is 0.274 e. The van der Waals surface area contributed by atoms with Crippen molar-refractivity contribution in [2.45, 2.75) is 32.2 Å². The van der Waals surface area contributed by atoms with Crippen molar-refractivity contribution >= 4 is 18.3 Å². The van der Waals surface area contributed by atoms with Gasteiger partial charge in [-0.15, -0.1) is 12.4 Å². The standard InChI is InChI=1S/C17H27N5O.ClH/c1-21-7-3-12(4-8-21)13-5-9-22(11-13)17(23)16-14-10-18-6-2-15(14)19-20-16;/h12-13,18H,2-11H2,1H3,(H,19,20);1H. The van der Waals surface area contributed by atoms with Crippen LogP contribution in [-0.2, 0) is 13.0 Å². The smallest absolute Gasteiger partial charge is 0.274 e. The van der Waals surface area contributed by atoms with E-state index >= 15 is 0 Å². The van der Waals surface area contributed by atoms with E-state index in [-0.39, 0.29) is 18.3 Å². The van der Waals surface area contributed by atoms with Crippen LogP contribution in [0.4, 0.5) is 0 Å². The van der Waals surface area contributed by atoms with Crippen molar-refractivity contribution < 1.29 is 4.79 Å². The number of aromatic nitrogens is 2. The van der Waals surface area contributed by atoms with Crippen LogP contribution in [0.25, 0.3) is 0 Å². The van der Waals surface area contributed by atoms with Gasteiger partial charge in [-0.25, -0.2) is 0 Å². The topological polar surface area (TPSA) is 64.3 Å². The Hall–Kier alpha value is -1.11. The van der Waals surface area contributed by atoms with Crippen LogP contribution in [0.15, 0.2) is 0 Å². The first-order chi connectivity index (χ1) is 11.2. The SMILES string of the molecule is CN1CCC(C2CCN(C(=O)c3n[nH]c4c3CNCC4)C2)CC1.Cl. The Morgan fingerprint density at radius 2 is 1.92 bits per heavy atom. The molecule has 0 aliphatic carbocycles. The number of nitrogens with zero attached hydrogens (tertiary/aromatic N) is 3. The minimum atomic E-state index is 0. The molecule has 2 fully saturated rings. The van der Waals surface area contributed by atoms with Gasteiger partial charge in [0.05, 0.1) is 0 Å². The van der Waals surface area contributed by atoms with E-state index < -0.39 is 0 Å². The summed E-state index contributed by atoms with van der Waals surface area (Å²) in [6, 6.07) is 0. The lowest BCUT2D eigenvalue weighted by Gasteiger charge is -2.32. The van der Waals surface area contributed by atoms with E-state index in [1.54, 1.807) is 0 Å². The van der Waals surface area contributed by atoms with Crippen LogP contribution < -0.4 is 5.32 Å². The molecule has 0 bridgehead atoms. The normalized spacial score (nSPS) is 25.4. The van der Waals surface area contributed by atoms with E-state index in [2.05, 4.69) is 27.5 Å². The third kappa shape index (κ3) is 3.32. The summed E-state index contributed by atoms with van der Waals surface area (Å²) in [4.78, 5) is 17.3. The Morgan fingerprint density at radius 1 is 1.17 bits per heavy atom. The maximum atomic E-state index is 12.9. The van der Waals surface area contributed by atoms with Crippen molar-refractivity contribution in [3.8, 4) is 0 Å². The molecule has 0 spiro atoms. The van der Waals surface area contributed by atoms with Gasteiger partial charge in [0.15, 0.2) is 5.69 Å². The molecule has 4 heterocycles. The molecule has 0 aromatic carbocycles. The molecule has 4 rings (SSSR count). The number of hydrogen-bond acceptors (Lipinski definition) is 4. The molecule has 1 atom stereocenters. The summed E-state index contributed by atoms with van der Waals surface area (Å²) in [6.45, 7) is 5.94. The largest absolute Gasteiger partial charge is 0.337 e. The molecule has 0 saturated carbocycles. The lowest BCUT2D eigenvalue weighted by molar-refractivity contribution is 0.0769. The Morgan fingerprint density at radius 3 is 2.71 bits per heavy atom. The monoisotopic (exact) mass is 353 g/mol. The quantitative estimate of drug-likeness (QED) is 0.840. The van der Waals surface area contributed by atoms with Gasteiger partial charge in [0.2, 0.25) is 0 Å². The second-order valence-corrected chi connectivity index (χ2v) is 7.40. The molecule has 1 aromatic rings. The average molecular weight is 354 g/mol. The first-order valence-corrected chi connectivity index (χ1v) is 8.97. The van der Waals surface area contributed by atoms with Gasteiger partial charge in [-0.1, -0.05) is 0 Å². The zero-order chi connectivity index (χ0) is 15.8. The second kappa shape index (κ2) is 7.42. The number of rotatable bonds is 2. The van der Waals surface area contributed by atoms with Crippen molar-refractivity contribution in [1.82, 2.24) is 25.3 Å². The van der Waals surface area contributed by atoms with Crippen molar-refractivity contribution in [1.29, 1.82) is 0 Å². The minimum absolute atomic E-state index is 0. The zero-order valence-electron chi connectivity index (χ0n) is 14.4. The van der Waals surface area contributed by atoms with Crippen LogP contribution >= 0.6 is 12.4 Å². The number of hydrogen-bond donors (Lipinski definition) is 2. The fourth-order valence-electron chi connectivity index (χ4n) is 4.41. The highest BCUT2D eigenvalue weighted by molar-refractivity contribution is 5.94. The summed E-state index contributed by atoms with van der Waals surface area (Å²) >= 11 is 0. The lowest BCUT2D eigenvalue weighted by Crippen LogP contribution is -2.35. The van der Waals surface area contributed by atoms with Gasteiger partial charge < -0.3 is 15.1 Å². The molecule has 134 valence electrons. The van der Waals surface area contributed by atoms with Gasteiger partial charge in [0.25, 0.3) is 5.91 Å². The van der Waals surface area contributed by atoms with E-state index in [0.717, 1.165) is 56.2 Å². The van der Waals surface area contributed by atoms with Crippen LogP contribution in [0, 0.1) is 11.8 Å². The number of aromatic amines is 1. The first kappa shape index (κ1) is 17.7. The zero-order valence-corrected chi connectivity index (χ0v) is 15.2. The lowest BCUT2D eigenvalue weighted by atomic mass is 9.84. The molecule has 7 heteroatoms. The first-order valence-electron chi connectivity index (χ1n) is 8.97. The molecule has 2 saturated heterocycles. The molecule has 1 unspecified atom stereocenters. The fraction of sp³-hybridized carbons (Fsp3) is 0.765. The predicted molar refractivity (Wildman–Crippen MR) is 95.5 cm³/mol. The highest BCUT2D eigenvalue weighted by atomic mass is 35.5. The third-order valence-electron chi connectivity index (χ3n) is 5.95. The number of nitrogens with one attached hydrogen (secondary N) is 2. The summed E-state index contributed by atoms with van der Waals surface area (Å²) in [6.07, 6.45) is 4.66. The van der Waals surface area contributed by atoms with Crippen LogP contribution in [-0.4, -0.2) is 65.7 Å². The fourth-order valence-corrected chi connectivity index (χ4v) is 4.41. The molecule has 2 N–H and O–H groups in total. The summed E-state index contributed by atoms with van der Waals surface area (Å²) in [5.41, 5.74) is 2.87. The third-order valence-corrected chi connectivity index (χ3v) is 5.95.